The van der Waals surface area contributed by atoms with Crippen molar-refractivity contribution in [3.63, 3.8) is 0 Å². The van der Waals surface area contributed by atoms with E-state index < -0.39 is 0 Å². The number of hydrogen-bond donors (Lipinski definition) is 1. The van der Waals surface area contributed by atoms with Gasteiger partial charge in [-0.25, -0.2) is 0 Å². The summed E-state index contributed by atoms with van der Waals surface area (Å²) in [5, 5.41) is 0. The Labute approximate surface area is 118 Å². The number of nitrogen functional groups attached to an aromatic ring is 1. The van der Waals surface area contributed by atoms with E-state index in [0.717, 1.165) is 24.5 Å². The van der Waals surface area contributed by atoms with Crippen LogP contribution in [0, 0.1) is 0 Å². The summed E-state index contributed by atoms with van der Waals surface area (Å²) >= 11 is 0. The van der Waals surface area contributed by atoms with Crippen molar-refractivity contribution < 1.29 is 4.74 Å². The fourth-order valence-electron chi connectivity index (χ4n) is 2.21. The molecule has 0 amide bonds. The largest absolute Gasteiger partial charge is 0.491 e. The van der Waals surface area contributed by atoms with E-state index in [4.69, 9.17) is 10.5 Å². The lowest BCUT2D eigenvalue weighted by molar-refractivity contribution is 0.306. The fraction of sp³-hybridized carbons (Fsp3) is 0.647. The Morgan fingerprint density at radius 1 is 0.842 bits per heavy atom. The molecule has 0 bridgehead atoms. The van der Waals surface area contributed by atoms with Gasteiger partial charge in [0.1, 0.15) is 5.75 Å². The highest BCUT2D eigenvalue weighted by atomic mass is 16.5. The molecule has 2 N–H and O–H groups in total. The summed E-state index contributed by atoms with van der Waals surface area (Å²) in [6.07, 6.45) is 12.0. The van der Waals surface area contributed by atoms with Crippen LogP contribution in [0.4, 0.5) is 5.69 Å². The van der Waals surface area contributed by atoms with Crippen molar-refractivity contribution in [3.8, 4) is 5.75 Å². The van der Waals surface area contributed by atoms with E-state index in [1.807, 2.05) is 24.3 Å². The van der Waals surface area contributed by atoms with Gasteiger partial charge in [0.15, 0.2) is 0 Å². The molecule has 0 aliphatic heterocycles. The lowest BCUT2D eigenvalue weighted by atomic mass is 10.1. The van der Waals surface area contributed by atoms with E-state index in [1.165, 1.54) is 51.4 Å². The maximum absolute atomic E-state index is 5.82. The van der Waals surface area contributed by atoms with Crippen molar-refractivity contribution in [1.82, 2.24) is 0 Å². The molecule has 0 aromatic heterocycles. The third kappa shape index (κ3) is 7.76. The topological polar surface area (TPSA) is 35.2 Å². The highest BCUT2D eigenvalue weighted by Crippen LogP contribution is 2.20. The van der Waals surface area contributed by atoms with E-state index in [1.54, 1.807) is 0 Å². The Balaban J connectivity index is 1.90. The number of ether oxygens (including phenoxy) is 1. The molecule has 0 aliphatic rings. The van der Waals surface area contributed by atoms with Gasteiger partial charge in [0.25, 0.3) is 0 Å². The molecule has 1 aromatic rings. The average Bonchev–Trinajstić information content (AvgIpc) is 2.43. The standard InChI is InChI=1S/C17H29NO/c1-2-3-4-5-6-7-8-9-12-15-19-17-14-11-10-13-16(17)18/h10-11,13-14H,2-9,12,15,18H2,1H3. The van der Waals surface area contributed by atoms with Crippen molar-refractivity contribution in [2.24, 2.45) is 0 Å². The molecule has 19 heavy (non-hydrogen) atoms. The molecule has 0 saturated carbocycles. The number of benzene rings is 1. The Morgan fingerprint density at radius 2 is 1.42 bits per heavy atom. The molecule has 0 radical (unpaired) electrons. The molecule has 0 atom stereocenters. The van der Waals surface area contributed by atoms with E-state index in [-0.39, 0.29) is 0 Å². The van der Waals surface area contributed by atoms with Crippen molar-refractivity contribution in [2.45, 2.75) is 64.7 Å². The second-order valence-corrected chi connectivity index (χ2v) is 5.21. The average molecular weight is 263 g/mol. The minimum Gasteiger partial charge on any atom is -0.491 e. The summed E-state index contributed by atoms with van der Waals surface area (Å²) in [6, 6.07) is 7.71. The number of para-hydroxylation sites is 2. The van der Waals surface area contributed by atoms with E-state index in [2.05, 4.69) is 6.92 Å². The van der Waals surface area contributed by atoms with Gasteiger partial charge in [0, 0.05) is 0 Å². The second kappa shape index (κ2) is 10.7. The molecular weight excluding hydrogens is 234 g/mol. The third-order valence-electron chi connectivity index (χ3n) is 3.42. The van der Waals surface area contributed by atoms with Crippen LogP contribution in [0.25, 0.3) is 0 Å². The summed E-state index contributed by atoms with van der Waals surface area (Å²) in [4.78, 5) is 0. The predicted octanol–water partition coefficient (Wildman–Crippen LogP) is 5.18. The number of unbranched alkanes of at least 4 members (excludes halogenated alkanes) is 8. The first-order chi connectivity index (χ1) is 9.34. The summed E-state index contributed by atoms with van der Waals surface area (Å²) < 4.78 is 5.67. The molecule has 108 valence electrons. The highest BCUT2D eigenvalue weighted by molar-refractivity contribution is 5.51. The van der Waals surface area contributed by atoms with Gasteiger partial charge in [-0.2, -0.15) is 0 Å². The molecule has 2 heteroatoms. The van der Waals surface area contributed by atoms with Crippen LogP contribution >= 0.6 is 0 Å². The first-order valence-corrected chi connectivity index (χ1v) is 7.82. The van der Waals surface area contributed by atoms with Crippen LogP contribution in [0.3, 0.4) is 0 Å². The third-order valence-corrected chi connectivity index (χ3v) is 3.42. The molecule has 0 spiro atoms. The minimum absolute atomic E-state index is 0.735. The smallest absolute Gasteiger partial charge is 0.142 e. The number of anilines is 1. The monoisotopic (exact) mass is 263 g/mol. The Kier molecular flexibility index (Phi) is 8.95. The summed E-state index contributed by atoms with van der Waals surface area (Å²) in [5.74, 6) is 0.821. The van der Waals surface area contributed by atoms with Gasteiger partial charge in [0.05, 0.1) is 12.3 Å². The van der Waals surface area contributed by atoms with Crippen LogP contribution in [-0.2, 0) is 0 Å². The molecular formula is C17H29NO. The number of nitrogens with two attached hydrogens (primary N) is 1. The molecule has 2 nitrogen and oxygen atoms in total. The molecule has 0 unspecified atom stereocenters. The Hall–Kier alpha value is -1.18. The molecule has 1 aromatic carbocycles. The van der Waals surface area contributed by atoms with Gasteiger partial charge in [0.2, 0.25) is 0 Å². The second-order valence-electron chi connectivity index (χ2n) is 5.21. The lowest BCUT2D eigenvalue weighted by Gasteiger charge is -2.08. The van der Waals surface area contributed by atoms with Gasteiger partial charge in [-0.3, -0.25) is 0 Å². The number of rotatable bonds is 11. The Morgan fingerprint density at radius 3 is 2.05 bits per heavy atom. The zero-order chi connectivity index (χ0) is 13.8. The quantitative estimate of drug-likeness (QED) is 0.441. The fourth-order valence-corrected chi connectivity index (χ4v) is 2.21. The maximum Gasteiger partial charge on any atom is 0.142 e. The van der Waals surface area contributed by atoms with Gasteiger partial charge >= 0.3 is 0 Å². The number of hydrogen-bond acceptors (Lipinski definition) is 2. The normalized spacial score (nSPS) is 10.6. The van der Waals surface area contributed by atoms with Crippen molar-refractivity contribution >= 4 is 5.69 Å². The van der Waals surface area contributed by atoms with Crippen LogP contribution in [0.1, 0.15) is 64.7 Å². The van der Waals surface area contributed by atoms with E-state index in [9.17, 15) is 0 Å². The predicted molar refractivity (Wildman–Crippen MR) is 83.6 cm³/mol. The zero-order valence-electron chi connectivity index (χ0n) is 12.4. The van der Waals surface area contributed by atoms with Gasteiger partial charge in [-0.05, 0) is 18.6 Å². The van der Waals surface area contributed by atoms with Crippen LogP contribution in [0.15, 0.2) is 24.3 Å². The summed E-state index contributed by atoms with van der Waals surface area (Å²) in [6.45, 7) is 3.05. The van der Waals surface area contributed by atoms with Crippen LogP contribution in [-0.4, -0.2) is 6.61 Å². The maximum atomic E-state index is 5.82. The lowest BCUT2D eigenvalue weighted by Crippen LogP contribution is -2.00. The first-order valence-electron chi connectivity index (χ1n) is 7.82. The summed E-state index contributed by atoms with van der Waals surface area (Å²) in [7, 11) is 0. The van der Waals surface area contributed by atoms with Gasteiger partial charge in [-0.15, -0.1) is 0 Å². The van der Waals surface area contributed by atoms with E-state index >= 15 is 0 Å². The van der Waals surface area contributed by atoms with Crippen molar-refractivity contribution in [3.05, 3.63) is 24.3 Å². The van der Waals surface area contributed by atoms with Crippen molar-refractivity contribution in [2.75, 3.05) is 12.3 Å². The van der Waals surface area contributed by atoms with Crippen LogP contribution in [0.5, 0.6) is 5.75 Å². The Bertz CT molecular complexity index is 325. The SMILES string of the molecule is CCCCCCCCCCCOc1ccccc1N. The molecule has 0 fully saturated rings. The first kappa shape index (κ1) is 15.9. The molecule has 0 aliphatic carbocycles. The minimum atomic E-state index is 0.735. The molecule has 0 saturated heterocycles. The molecule has 0 heterocycles. The van der Waals surface area contributed by atoms with Crippen LogP contribution < -0.4 is 10.5 Å². The molecule has 1 rings (SSSR count). The van der Waals surface area contributed by atoms with Gasteiger partial charge < -0.3 is 10.5 Å². The zero-order valence-corrected chi connectivity index (χ0v) is 12.4. The van der Waals surface area contributed by atoms with E-state index in [0.29, 0.717) is 0 Å². The van der Waals surface area contributed by atoms with Crippen molar-refractivity contribution in [1.29, 1.82) is 0 Å². The summed E-state index contributed by atoms with van der Waals surface area (Å²) in [5.41, 5.74) is 6.55. The highest BCUT2D eigenvalue weighted by Gasteiger charge is 1.98. The van der Waals surface area contributed by atoms with Gasteiger partial charge in [-0.1, -0.05) is 70.4 Å². The van der Waals surface area contributed by atoms with Crippen LogP contribution in [0.2, 0.25) is 0 Å².